The molecule has 1 fully saturated rings. The molecule has 148 valence electrons. The minimum Gasteiger partial charge on any atom is -0.494 e. The third kappa shape index (κ3) is 3.62. The second kappa shape index (κ2) is 7.48. The molecule has 1 heterocycles. The fourth-order valence-corrected chi connectivity index (χ4v) is 3.59. The summed E-state index contributed by atoms with van der Waals surface area (Å²) in [6.07, 6.45) is 0.865. The van der Waals surface area contributed by atoms with Gasteiger partial charge in [0.1, 0.15) is 17.3 Å². The van der Waals surface area contributed by atoms with Gasteiger partial charge in [-0.2, -0.15) is 9.98 Å². The summed E-state index contributed by atoms with van der Waals surface area (Å²) in [4.78, 5) is 20.6. The number of para-hydroxylation sites is 1. The zero-order valence-electron chi connectivity index (χ0n) is 16.3. The van der Waals surface area contributed by atoms with Gasteiger partial charge in [-0.3, -0.25) is 10.2 Å². The Kier molecular flexibility index (Phi) is 4.85. The van der Waals surface area contributed by atoms with Gasteiger partial charge in [0.25, 0.3) is 5.91 Å². The number of nitrogens with zero attached hydrogens (tertiary/aromatic N) is 2. The number of hydrogen-bond donors (Lipinski definition) is 4. The third-order valence-corrected chi connectivity index (χ3v) is 5.23. The van der Waals surface area contributed by atoms with E-state index >= 15 is 0 Å². The van der Waals surface area contributed by atoms with Crippen LogP contribution in [0.2, 0.25) is 0 Å². The number of amidine groups is 2. The van der Waals surface area contributed by atoms with E-state index in [-0.39, 0.29) is 17.7 Å². The number of nitrogens with one attached hydrogen (secondary N) is 2. The van der Waals surface area contributed by atoms with Crippen LogP contribution in [0.15, 0.2) is 52.4 Å². The summed E-state index contributed by atoms with van der Waals surface area (Å²) in [6, 6.07) is 13.1. The first kappa shape index (κ1) is 18.8. The lowest BCUT2D eigenvalue weighted by Gasteiger charge is -2.14. The summed E-state index contributed by atoms with van der Waals surface area (Å²) >= 11 is 0. The van der Waals surface area contributed by atoms with E-state index in [4.69, 9.17) is 15.9 Å². The topological polar surface area (TPSA) is 130 Å². The van der Waals surface area contributed by atoms with Crippen molar-refractivity contribution in [2.75, 3.05) is 14.2 Å². The molecule has 2 unspecified atom stereocenters. The lowest BCUT2D eigenvalue weighted by Crippen LogP contribution is -2.95. The van der Waals surface area contributed by atoms with Crippen molar-refractivity contribution in [1.29, 1.82) is 5.41 Å². The van der Waals surface area contributed by atoms with Crippen LogP contribution >= 0.6 is 0 Å². The molecular formula is C21H23N6O2+. The number of quaternary nitrogens is 1. The number of ether oxygens (including phenoxy) is 1. The highest BCUT2D eigenvalue weighted by atomic mass is 16.5. The van der Waals surface area contributed by atoms with Crippen LogP contribution in [0.25, 0.3) is 0 Å². The number of guanidine groups is 1. The zero-order valence-corrected chi connectivity index (χ0v) is 16.3. The Bertz CT molecular complexity index is 1040. The van der Waals surface area contributed by atoms with Crippen molar-refractivity contribution >= 4 is 29.2 Å². The zero-order chi connectivity index (χ0) is 20.5. The Morgan fingerprint density at radius 1 is 1.31 bits per heavy atom. The van der Waals surface area contributed by atoms with Gasteiger partial charge in [-0.05, 0) is 42.2 Å². The molecule has 1 amide bonds. The predicted molar refractivity (Wildman–Crippen MR) is 111 cm³/mol. The Hall–Kier alpha value is -3.52. The summed E-state index contributed by atoms with van der Waals surface area (Å²) < 4.78 is 5.37. The number of aliphatic imine (C=N–C) groups is 2. The van der Waals surface area contributed by atoms with Crippen molar-refractivity contribution in [3.05, 3.63) is 59.2 Å². The molecule has 1 aliphatic carbocycles. The van der Waals surface area contributed by atoms with Crippen LogP contribution in [0.5, 0.6) is 5.75 Å². The van der Waals surface area contributed by atoms with Crippen molar-refractivity contribution in [2.45, 2.75) is 12.3 Å². The van der Waals surface area contributed by atoms with Crippen molar-refractivity contribution < 1.29 is 14.8 Å². The van der Waals surface area contributed by atoms with Gasteiger partial charge in [-0.1, -0.05) is 18.2 Å². The molecule has 29 heavy (non-hydrogen) atoms. The summed E-state index contributed by atoms with van der Waals surface area (Å²) in [5.74, 6) is 2.09. The van der Waals surface area contributed by atoms with E-state index in [0.29, 0.717) is 34.6 Å². The Morgan fingerprint density at radius 2 is 2.07 bits per heavy atom. The number of amides is 1. The standard InChI is InChI=1S/C21H22N6O2/c1-24-20(28)12-8-6-11(7-9-12)14-10-15(14)18(22)26-19-13-4-3-5-16(29-2)17(13)25-21(23)27-19/h3-9,14-15H,10H2,1-2H3,(H,24,28)(H4,22,23,25,26,27)/p+1. The van der Waals surface area contributed by atoms with Crippen LogP contribution in [0.3, 0.4) is 0 Å². The van der Waals surface area contributed by atoms with Gasteiger partial charge in [0.05, 0.1) is 12.7 Å². The number of fused-ring (bicyclic) bond motifs is 1. The summed E-state index contributed by atoms with van der Waals surface area (Å²) in [6.45, 7) is 0. The third-order valence-electron chi connectivity index (χ3n) is 5.23. The van der Waals surface area contributed by atoms with Gasteiger partial charge in [0.15, 0.2) is 0 Å². The lowest BCUT2D eigenvalue weighted by molar-refractivity contribution is -0.409. The van der Waals surface area contributed by atoms with Crippen LogP contribution in [-0.4, -0.2) is 37.7 Å². The molecule has 0 bridgehead atoms. The number of nitrogens with two attached hydrogens (primary N) is 2. The highest BCUT2D eigenvalue weighted by Gasteiger charge is 2.42. The SMILES string of the molecule is CNC(=O)c1ccc(C2CC2C(=N)N=C2[NH2+]C(N)=Nc3c(OC)cccc32)cc1. The first-order valence-electron chi connectivity index (χ1n) is 9.37. The van der Waals surface area contributed by atoms with E-state index in [1.54, 1.807) is 19.5 Å². The highest BCUT2D eigenvalue weighted by Crippen LogP contribution is 2.48. The molecule has 2 aromatic carbocycles. The maximum absolute atomic E-state index is 11.7. The fourth-order valence-electron chi connectivity index (χ4n) is 3.59. The average Bonchev–Trinajstić information content (AvgIpc) is 3.54. The van der Waals surface area contributed by atoms with Gasteiger partial charge in [0.2, 0.25) is 5.84 Å². The van der Waals surface area contributed by atoms with Crippen molar-refractivity contribution in [2.24, 2.45) is 21.6 Å². The van der Waals surface area contributed by atoms with E-state index in [1.807, 2.05) is 42.5 Å². The molecule has 0 aromatic heterocycles. The van der Waals surface area contributed by atoms with E-state index in [0.717, 1.165) is 17.5 Å². The molecule has 0 spiro atoms. The molecule has 8 nitrogen and oxygen atoms in total. The van der Waals surface area contributed by atoms with Gasteiger partial charge < -0.3 is 15.8 Å². The molecule has 0 saturated heterocycles. The van der Waals surface area contributed by atoms with Crippen molar-refractivity contribution in [1.82, 2.24) is 5.32 Å². The number of carbonyl (C=O) groups is 1. The number of methoxy groups -OCH3 is 1. The fraction of sp³-hybridized carbons (Fsp3) is 0.238. The lowest BCUT2D eigenvalue weighted by atomic mass is 10.1. The van der Waals surface area contributed by atoms with Gasteiger partial charge in [-0.15, -0.1) is 0 Å². The molecule has 1 saturated carbocycles. The Morgan fingerprint density at radius 3 is 2.76 bits per heavy atom. The summed E-state index contributed by atoms with van der Waals surface area (Å²) in [7, 11) is 3.20. The van der Waals surface area contributed by atoms with E-state index in [2.05, 4.69) is 15.3 Å². The minimum absolute atomic E-state index is 0.0518. The summed E-state index contributed by atoms with van der Waals surface area (Å²) in [5.41, 5.74) is 9.13. The second-order valence-electron chi connectivity index (χ2n) is 7.07. The van der Waals surface area contributed by atoms with E-state index in [1.165, 1.54) is 0 Å². The molecule has 1 aliphatic heterocycles. The molecule has 0 radical (unpaired) electrons. The van der Waals surface area contributed by atoms with Crippen molar-refractivity contribution in [3.8, 4) is 5.75 Å². The monoisotopic (exact) mass is 391 g/mol. The van der Waals surface area contributed by atoms with Crippen LogP contribution in [0, 0.1) is 11.3 Å². The van der Waals surface area contributed by atoms with Crippen LogP contribution < -0.4 is 21.1 Å². The smallest absolute Gasteiger partial charge is 0.303 e. The van der Waals surface area contributed by atoms with Crippen molar-refractivity contribution in [3.63, 3.8) is 0 Å². The van der Waals surface area contributed by atoms with Gasteiger partial charge in [-0.25, -0.2) is 5.32 Å². The second-order valence-corrected chi connectivity index (χ2v) is 7.07. The predicted octanol–water partition coefficient (Wildman–Crippen LogP) is 1.11. The van der Waals surface area contributed by atoms with Crippen LogP contribution in [-0.2, 0) is 0 Å². The van der Waals surface area contributed by atoms with Crippen LogP contribution in [0.4, 0.5) is 5.69 Å². The number of hydrogen-bond acceptors (Lipinski definition) is 5. The largest absolute Gasteiger partial charge is 0.494 e. The minimum atomic E-state index is -0.107. The molecular weight excluding hydrogens is 368 g/mol. The highest BCUT2D eigenvalue weighted by molar-refractivity contribution is 6.09. The quantitative estimate of drug-likeness (QED) is 0.460. The molecule has 2 aliphatic rings. The number of rotatable bonds is 4. The maximum atomic E-state index is 11.7. The molecule has 6 N–H and O–H groups in total. The van der Waals surface area contributed by atoms with Gasteiger partial charge >= 0.3 is 5.96 Å². The maximum Gasteiger partial charge on any atom is 0.303 e. The van der Waals surface area contributed by atoms with E-state index in [9.17, 15) is 4.79 Å². The molecule has 2 atom stereocenters. The normalized spacial score (nSPS) is 21.2. The Balaban J connectivity index is 1.53. The van der Waals surface area contributed by atoms with Gasteiger partial charge in [0, 0.05) is 18.5 Å². The Labute approximate surface area is 168 Å². The number of carbonyl (C=O) groups excluding carboxylic acids is 1. The summed E-state index contributed by atoms with van der Waals surface area (Å²) in [5, 5.41) is 12.8. The first-order valence-corrected chi connectivity index (χ1v) is 9.37. The molecule has 2 aromatic rings. The van der Waals surface area contributed by atoms with Crippen LogP contribution in [0.1, 0.15) is 33.8 Å². The van der Waals surface area contributed by atoms with E-state index < -0.39 is 0 Å². The number of benzene rings is 2. The molecule has 4 rings (SSSR count). The average molecular weight is 391 g/mol. The first-order chi connectivity index (χ1) is 14.0. The molecule has 8 heteroatoms.